The molecule has 26 heavy (non-hydrogen) atoms. The van der Waals surface area contributed by atoms with Gasteiger partial charge in [-0.05, 0) is 44.0 Å². The van der Waals surface area contributed by atoms with Gasteiger partial charge >= 0.3 is 6.09 Å². The summed E-state index contributed by atoms with van der Waals surface area (Å²) in [4.78, 5) is 26.9. The van der Waals surface area contributed by atoms with Gasteiger partial charge in [-0.3, -0.25) is 4.79 Å². The van der Waals surface area contributed by atoms with Gasteiger partial charge in [0.2, 0.25) is 5.91 Å². The molecule has 1 aliphatic rings. The first-order valence-electron chi connectivity index (χ1n) is 8.61. The van der Waals surface area contributed by atoms with Gasteiger partial charge in [0, 0.05) is 16.9 Å². The van der Waals surface area contributed by atoms with Crippen molar-refractivity contribution in [3.63, 3.8) is 0 Å². The second-order valence-corrected chi connectivity index (χ2v) is 8.39. The molecule has 5 heteroatoms. The van der Waals surface area contributed by atoms with E-state index >= 15 is 0 Å². The van der Waals surface area contributed by atoms with E-state index in [0.717, 1.165) is 15.6 Å². The maximum atomic E-state index is 13.1. The van der Waals surface area contributed by atoms with Crippen molar-refractivity contribution in [2.45, 2.75) is 38.2 Å². The summed E-state index contributed by atoms with van der Waals surface area (Å²) >= 11 is 3.44. The van der Waals surface area contributed by atoms with Gasteiger partial charge in [-0.1, -0.05) is 58.4 Å². The van der Waals surface area contributed by atoms with E-state index in [1.54, 1.807) is 20.8 Å². The van der Waals surface area contributed by atoms with Crippen molar-refractivity contribution in [3.05, 3.63) is 70.2 Å². The molecule has 0 bridgehead atoms. The van der Waals surface area contributed by atoms with Crippen LogP contribution in [0.5, 0.6) is 0 Å². The first kappa shape index (κ1) is 18.6. The fourth-order valence-electron chi connectivity index (χ4n) is 3.26. The van der Waals surface area contributed by atoms with Crippen molar-refractivity contribution < 1.29 is 14.3 Å². The standard InChI is InChI=1S/C21H22BrNO3/c1-21(2,3)26-20(25)23-13-17(14-9-11-16(22)12-10-14)18(19(23)24)15-7-5-4-6-8-15/h4-12,17-18H,13H2,1-3H3. The lowest BCUT2D eigenvalue weighted by atomic mass is 9.84. The molecule has 0 aliphatic carbocycles. The van der Waals surface area contributed by atoms with Gasteiger partial charge in [-0.15, -0.1) is 0 Å². The topological polar surface area (TPSA) is 46.6 Å². The molecule has 2 aromatic carbocycles. The molecule has 0 saturated carbocycles. The normalized spacial score (nSPS) is 20.3. The van der Waals surface area contributed by atoms with Crippen LogP contribution in [0.15, 0.2) is 59.1 Å². The van der Waals surface area contributed by atoms with E-state index < -0.39 is 17.6 Å². The summed E-state index contributed by atoms with van der Waals surface area (Å²) in [5.41, 5.74) is 1.30. The van der Waals surface area contributed by atoms with Gasteiger partial charge in [0.25, 0.3) is 0 Å². The number of benzene rings is 2. The number of ether oxygens (including phenoxy) is 1. The lowest BCUT2D eigenvalue weighted by Gasteiger charge is -2.23. The lowest BCUT2D eigenvalue weighted by molar-refractivity contribution is -0.128. The SMILES string of the molecule is CC(C)(C)OC(=O)N1CC(c2ccc(Br)cc2)C(c2ccccc2)C1=O. The first-order valence-corrected chi connectivity index (χ1v) is 9.40. The molecule has 0 aromatic heterocycles. The average molecular weight is 416 g/mol. The van der Waals surface area contributed by atoms with Crippen molar-refractivity contribution in [3.8, 4) is 0 Å². The van der Waals surface area contributed by atoms with Crippen LogP contribution in [0.25, 0.3) is 0 Å². The fourth-order valence-corrected chi connectivity index (χ4v) is 3.52. The summed E-state index contributed by atoms with van der Waals surface area (Å²) in [6.45, 7) is 5.71. The Balaban J connectivity index is 1.96. The lowest BCUT2D eigenvalue weighted by Crippen LogP contribution is -2.38. The zero-order valence-corrected chi connectivity index (χ0v) is 16.7. The molecule has 1 aliphatic heterocycles. The average Bonchev–Trinajstić information content (AvgIpc) is 2.92. The monoisotopic (exact) mass is 415 g/mol. The summed E-state index contributed by atoms with van der Waals surface area (Å²) < 4.78 is 6.42. The van der Waals surface area contributed by atoms with E-state index in [2.05, 4.69) is 15.9 Å². The maximum absolute atomic E-state index is 13.1. The third kappa shape index (κ3) is 3.98. The van der Waals surface area contributed by atoms with Crippen LogP contribution in [0.4, 0.5) is 4.79 Å². The molecular formula is C21H22BrNO3. The van der Waals surface area contributed by atoms with Crippen LogP contribution in [0.1, 0.15) is 43.7 Å². The third-order valence-corrected chi connectivity index (χ3v) is 4.91. The van der Waals surface area contributed by atoms with Crippen LogP contribution in [0, 0.1) is 0 Å². The Morgan fingerprint density at radius 1 is 1.04 bits per heavy atom. The molecule has 0 radical (unpaired) electrons. The molecular weight excluding hydrogens is 394 g/mol. The molecule has 2 atom stereocenters. The maximum Gasteiger partial charge on any atom is 0.417 e. The number of rotatable bonds is 2. The van der Waals surface area contributed by atoms with Gasteiger partial charge in [-0.25, -0.2) is 9.69 Å². The van der Waals surface area contributed by atoms with Crippen LogP contribution in [0.2, 0.25) is 0 Å². The Kier molecular flexibility index (Phi) is 5.19. The quantitative estimate of drug-likeness (QED) is 0.685. The van der Waals surface area contributed by atoms with E-state index in [9.17, 15) is 9.59 Å². The molecule has 2 unspecified atom stereocenters. The van der Waals surface area contributed by atoms with Gasteiger partial charge in [0.15, 0.2) is 0 Å². The highest BCUT2D eigenvalue weighted by molar-refractivity contribution is 9.10. The Morgan fingerprint density at radius 3 is 2.23 bits per heavy atom. The molecule has 2 amide bonds. The minimum atomic E-state index is -0.644. The molecule has 4 nitrogen and oxygen atoms in total. The van der Waals surface area contributed by atoms with Crippen LogP contribution >= 0.6 is 15.9 Å². The molecule has 136 valence electrons. The number of imide groups is 1. The number of halogens is 1. The van der Waals surface area contributed by atoms with Crippen molar-refractivity contribution >= 4 is 27.9 Å². The van der Waals surface area contributed by atoms with Crippen molar-refractivity contribution in [2.24, 2.45) is 0 Å². The molecule has 1 heterocycles. The predicted molar refractivity (Wildman–Crippen MR) is 104 cm³/mol. The highest BCUT2D eigenvalue weighted by Crippen LogP contribution is 2.41. The predicted octanol–water partition coefficient (Wildman–Crippen LogP) is 5.09. The highest BCUT2D eigenvalue weighted by Gasteiger charge is 2.45. The zero-order valence-electron chi connectivity index (χ0n) is 15.1. The Hall–Kier alpha value is -2.14. The van der Waals surface area contributed by atoms with Crippen LogP contribution in [-0.4, -0.2) is 29.0 Å². The van der Waals surface area contributed by atoms with Crippen molar-refractivity contribution in [2.75, 3.05) is 6.54 Å². The van der Waals surface area contributed by atoms with E-state index in [4.69, 9.17) is 4.74 Å². The number of likely N-dealkylation sites (tertiary alicyclic amines) is 1. The molecule has 3 rings (SSSR count). The smallest absolute Gasteiger partial charge is 0.417 e. The summed E-state index contributed by atoms with van der Waals surface area (Å²) in [5.74, 6) is -0.714. The van der Waals surface area contributed by atoms with Gasteiger partial charge in [-0.2, -0.15) is 0 Å². The number of hydrogen-bond acceptors (Lipinski definition) is 3. The fraction of sp³-hybridized carbons (Fsp3) is 0.333. The zero-order chi connectivity index (χ0) is 18.9. The minimum absolute atomic E-state index is 0.106. The van der Waals surface area contributed by atoms with E-state index in [0.29, 0.717) is 6.54 Å². The summed E-state index contributed by atoms with van der Waals surface area (Å²) in [6.07, 6.45) is -0.581. The van der Waals surface area contributed by atoms with Gasteiger partial charge in [0.05, 0.1) is 5.92 Å². The number of carbonyl (C=O) groups excluding carboxylic acids is 2. The Morgan fingerprint density at radius 2 is 1.65 bits per heavy atom. The number of amides is 2. The second kappa shape index (κ2) is 7.23. The van der Waals surface area contributed by atoms with E-state index in [1.807, 2.05) is 54.6 Å². The highest BCUT2D eigenvalue weighted by atomic mass is 79.9. The summed E-state index contributed by atoms with van der Waals surface area (Å²) in [5, 5.41) is 0. The molecule has 1 fully saturated rings. The van der Waals surface area contributed by atoms with Crippen LogP contribution in [0.3, 0.4) is 0 Å². The summed E-state index contributed by atoms with van der Waals surface area (Å²) in [6, 6.07) is 17.5. The first-order chi connectivity index (χ1) is 12.3. The van der Waals surface area contributed by atoms with E-state index in [1.165, 1.54) is 4.90 Å². The minimum Gasteiger partial charge on any atom is -0.443 e. The largest absolute Gasteiger partial charge is 0.443 e. The number of nitrogens with zero attached hydrogens (tertiary/aromatic N) is 1. The summed E-state index contributed by atoms with van der Waals surface area (Å²) in [7, 11) is 0. The van der Waals surface area contributed by atoms with Crippen LogP contribution < -0.4 is 0 Å². The van der Waals surface area contributed by atoms with Crippen molar-refractivity contribution in [1.29, 1.82) is 0 Å². The molecule has 0 spiro atoms. The van der Waals surface area contributed by atoms with Crippen molar-refractivity contribution in [1.82, 2.24) is 4.90 Å². The van der Waals surface area contributed by atoms with E-state index in [-0.39, 0.29) is 11.8 Å². The molecule has 2 aromatic rings. The second-order valence-electron chi connectivity index (χ2n) is 7.48. The third-order valence-electron chi connectivity index (χ3n) is 4.38. The number of hydrogen-bond donors (Lipinski definition) is 0. The Labute approximate surface area is 162 Å². The number of carbonyl (C=O) groups is 2. The Bertz CT molecular complexity index is 796. The van der Waals surface area contributed by atoms with Crippen LogP contribution in [-0.2, 0) is 9.53 Å². The van der Waals surface area contributed by atoms with Gasteiger partial charge in [0.1, 0.15) is 5.60 Å². The molecule has 0 N–H and O–H groups in total. The molecule has 1 saturated heterocycles. The van der Waals surface area contributed by atoms with Gasteiger partial charge < -0.3 is 4.74 Å².